The maximum absolute atomic E-state index is 13.4. The molecule has 0 aliphatic heterocycles. The van der Waals surface area contributed by atoms with Crippen LogP contribution in [-0.2, 0) is 10.0 Å². The lowest BCUT2D eigenvalue weighted by Crippen LogP contribution is -2.30. The number of rotatable bonds is 6. The summed E-state index contributed by atoms with van der Waals surface area (Å²) in [7, 11) is -1.75. The normalized spacial score (nSPS) is 12.8. The van der Waals surface area contributed by atoms with Gasteiger partial charge in [0, 0.05) is 25.2 Å². The zero-order valence-electron chi connectivity index (χ0n) is 14.1. The summed E-state index contributed by atoms with van der Waals surface area (Å²) in [6.45, 7) is 1.48. The molecule has 1 atom stereocenters. The fourth-order valence-electron chi connectivity index (χ4n) is 2.33. The first-order valence-electron chi connectivity index (χ1n) is 7.35. The number of nitro groups is 1. The summed E-state index contributed by atoms with van der Waals surface area (Å²) in [6, 6.07) is 5.39. The quantitative estimate of drug-likeness (QED) is 0.561. The molecule has 0 bridgehead atoms. The van der Waals surface area contributed by atoms with Crippen LogP contribution in [0.25, 0.3) is 0 Å². The molecule has 0 radical (unpaired) electrons. The van der Waals surface area contributed by atoms with Crippen LogP contribution in [0.3, 0.4) is 0 Å². The van der Waals surface area contributed by atoms with Crippen molar-refractivity contribution in [2.45, 2.75) is 17.9 Å². The molecule has 0 heterocycles. The first-order valence-corrected chi connectivity index (χ1v) is 8.79. The molecule has 2 rings (SSSR count). The lowest BCUT2D eigenvalue weighted by Gasteiger charge is -2.25. The standard InChI is InChI=1S/C16H16F2N2O5S/c1-10(11-4-6-13(17)14(18)8-11)19(2)26(23,24)16-9-12(20(21)22)5-7-15(16)25-3/h4-10H,1-3H3. The topological polar surface area (TPSA) is 89.7 Å². The first-order chi connectivity index (χ1) is 12.1. The van der Waals surface area contributed by atoms with Gasteiger partial charge in [-0.1, -0.05) is 6.07 Å². The molecular weight excluding hydrogens is 370 g/mol. The van der Waals surface area contributed by atoms with Crippen LogP contribution in [0.15, 0.2) is 41.3 Å². The number of nitro benzene ring substituents is 1. The van der Waals surface area contributed by atoms with E-state index in [9.17, 15) is 27.3 Å². The van der Waals surface area contributed by atoms with Gasteiger partial charge in [-0.15, -0.1) is 0 Å². The minimum atomic E-state index is -4.22. The van der Waals surface area contributed by atoms with E-state index in [-0.39, 0.29) is 11.3 Å². The van der Waals surface area contributed by atoms with E-state index < -0.39 is 43.2 Å². The Kier molecular flexibility index (Phi) is 5.57. The van der Waals surface area contributed by atoms with Crippen LogP contribution in [0.5, 0.6) is 5.75 Å². The van der Waals surface area contributed by atoms with Gasteiger partial charge in [0.2, 0.25) is 10.0 Å². The van der Waals surface area contributed by atoms with Gasteiger partial charge >= 0.3 is 0 Å². The number of ether oxygens (including phenoxy) is 1. The highest BCUT2D eigenvalue weighted by atomic mass is 32.2. The van der Waals surface area contributed by atoms with Gasteiger partial charge in [-0.25, -0.2) is 17.2 Å². The molecule has 0 aliphatic carbocycles. The van der Waals surface area contributed by atoms with Crippen molar-refractivity contribution in [1.29, 1.82) is 0 Å². The van der Waals surface area contributed by atoms with Crippen molar-refractivity contribution in [2.75, 3.05) is 14.2 Å². The molecule has 2 aromatic carbocycles. The number of halogens is 2. The SMILES string of the molecule is COc1ccc([N+](=O)[O-])cc1S(=O)(=O)N(C)C(C)c1ccc(F)c(F)c1. The number of hydrogen-bond donors (Lipinski definition) is 0. The van der Waals surface area contributed by atoms with Crippen molar-refractivity contribution in [3.05, 3.63) is 63.7 Å². The highest BCUT2D eigenvalue weighted by molar-refractivity contribution is 7.89. The summed E-state index contributed by atoms with van der Waals surface area (Å²) in [6.07, 6.45) is 0. The fourth-order valence-corrected chi connectivity index (χ4v) is 3.85. The van der Waals surface area contributed by atoms with E-state index >= 15 is 0 Å². The van der Waals surface area contributed by atoms with E-state index in [1.165, 1.54) is 33.2 Å². The zero-order chi connectivity index (χ0) is 19.6. The van der Waals surface area contributed by atoms with Gasteiger partial charge in [0.15, 0.2) is 11.6 Å². The second-order valence-corrected chi connectivity index (χ2v) is 7.43. The average Bonchev–Trinajstić information content (AvgIpc) is 2.61. The molecule has 0 N–H and O–H groups in total. The van der Waals surface area contributed by atoms with Crippen molar-refractivity contribution >= 4 is 15.7 Å². The molecule has 0 amide bonds. The molecule has 0 saturated carbocycles. The van der Waals surface area contributed by atoms with Crippen molar-refractivity contribution in [2.24, 2.45) is 0 Å². The third kappa shape index (κ3) is 3.65. The van der Waals surface area contributed by atoms with E-state index in [1.807, 2.05) is 0 Å². The van der Waals surface area contributed by atoms with Gasteiger partial charge in [-0.2, -0.15) is 4.31 Å². The molecule has 26 heavy (non-hydrogen) atoms. The molecule has 0 saturated heterocycles. The number of non-ortho nitro benzene ring substituents is 1. The molecule has 0 aromatic heterocycles. The summed E-state index contributed by atoms with van der Waals surface area (Å²) in [5, 5.41) is 11.0. The Labute approximate surface area is 149 Å². The Morgan fingerprint density at radius 2 is 1.81 bits per heavy atom. The molecule has 10 heteroatoms. The molecule has 140 valence electrons. The first kappa shape index (κ1) is 19.7. The number of hydrogen-bond acceptors (Lipinski definition) is 5. The van der Waals surface area contributed by atoms with Crippen molar-refractivity contribution in [3.8, 4) is 5.75 Å². The summed E-state index contributed by atoms with van der Waals surface area (Å²) >= 11 is 0. The average molecular weight is 386 g/mol. The maximum atomic E-state index is 13.4. The van der Waals surface area contributed by atoms with Gasteiger partial charge < -0.3 is 4.74 Å². The second-order valence-electron chi connectivity index (χ2n) is 5.46. The number of benzene rings is 2. The molecule has 7 nitrogen and oxygen atoms in total. The van der Waals surface area contributed by atoms with Crippen molar-refractivity contribution in [1.82, 2.24) is 4.31 Å². The maximum Gasteiger partial charge on any atom is 0.271 e. The van der Waals surface area contributed by atoms with E-state index in [0.717, 1.165) is 28.6 Å². The van der Waals surface area contributed by atoms with E-state index in [0.29, 0.717) is 0 Å². The minimum absolute atomic E-state index is 0.0695. The zero-order valence-corrected chi connectivity index (χ0v) is 15.0. The lowest BCUT2D eigenvalue weighted by molar-refractivity contribution is -0.385. The van der Waals surface area contributed by atoms with Gasteiger partial charge in [0.1, 0.15) is 10.6 Å². The Bertz CT molecular complexity index is 950. The molecule has 2 aromatic rings. The molecule has 1 unspecified atom stereocenters. The van der Waals surface area contributed by atoms with E-state index in [4.69, 9.17) is 4.74 Å². The van der Waals surface area contributed by atoms with Gasteiger partial charge in [0.05, 0.1) is 12.0 Å². The van der Waals surface area contributed by atoms with Crippen LogP contribution in [0.1, 0.15) is 18.5 Å². The van der Waals surface area contributed by atoms with Crippen LogP contribution < -0.4 is 4.74 Å². The van der Waals surface area contributed by atoms with Crippen LogP contribution in [0.4, 0.5) is 14.5 Å². The molecule has 0 aliphatic rings. The van der Waals surface area contributed by atoms with Crippen LogP contribution >= 0.6 is 0 Å². The summed E-state index contributed by atoms with van der Waals surface area (Å²) < 4.78 is 58.3. The van der Waals surface area contributed by atoms with Crippen LogP contribution in [0, 0.1) is 21.7 Å². The Hall–Kier alpha value is -2.59. The number of nitrogens with zero attached hydrogens (tertiary/aromatic N) is 2. The minimum Gasteiger partial charge on any atom is -0.495 e. The van der Waals surface area contributed by atoms with Crippen LogP contribution in [0.2, 0.25) is 0 Å². The third-order valence-corrected chi connectivity index (χ3v) is 5.94. The predicted molar refractivity (Wildman–Crippen MR) is 89.4 cm³/mol. The predicted octanol–water partition coefficient (Wildman–Crippen LogP) is 3.26. The van der Waals surface area contributed by atoms with Crippen molar-refractivity contribution in [3.63, 3.8) is 0 Å². The summed E-state index contributed by atoms with van der Waals surface area (Å²) in [4.78, 5) is 9.83. The molecule has 0 spiro atoms. The molecular formula is C16H16F2N2O5S. The third-order valence-electron chi connectivity index (χ3n) is 3.99. The summed E-state index contributed by atoms with van der Waals surface area (Å²) in [5.41, 5.74) is -0.197. The summed E-state index contributed by atoms with van der Waals surface area (Å²) in [5.74, 6) is -2.22. The van der Waals surface area contributed by atoms with Gasteiger partial charge in [0.25, 0.3) is 5.69 Å². The van der Waals surface area contributed by atoms with Gasteiger partial charge in [-0.05, 0) is 30.7 Å². The lowest BCUT2D eigenvalue weighted by atomic mass is 10.1. The highest BCUT2D eigenvalue weighted by Gasteiger charge is 2.31. The number of methoxy groups -OCH3 is 1. The Morgan fingerprint density at radius 1 is 1.15 bits per heavy atom. The Balaban J connectivity index is 2.50. The Morgan fingerprint density at radius 3 is 2.35 bits per heavy atom. The van der Waals surface area contributed by atoms with Crippen LogP contribution in [-0.4, -0.2) is 31.8 Å². The van der Waals surface area contributed by atoms with E-state index in [2.05, 4.69) is 0 Å². The number of sulfonamides is 1. The smallest absolute Gasteiger partial charge is 0.271 e. The monoisotopic (exact) mass is 386 g/mol. The fraction of sp³-hybridized carbons (Fsp3) is 0.250. The van der Waals surface area contributed by atoms with E-state index in [1.54, 1.807) is 0 Å². The van der Waals surface area contributed by atoms with Crippen molar-refractivity contribution < 1.29 is 26.9 Å². The largest absolute Gasteiger partial charge is 0.495 e. The second kappa shape index (κ2) is 7.34. The molecule has 0 fully saturated rings. The highest BCUT2D eigenvalue weighted by Crippen LogP contribution is 2.33. The van der Waals surface area contributed by atoms with Gasteiger partial charge in [-0.3, -0.25) is 10.1 Å².